The minimum atomic E-state index is -0.963. The topological polar surface area (TPSA) is 88.0 Å². The third-order valence-corrected chi connectivity index (χ3v) is 5.44. The van der Waals surface area contributed by atoms with E-state index in [1.165, 1.54) is 0 Å². The zero-order valence-corrected chi connectivity index (χ0v) is 16.3. The molecule has 0 spiro atoms. The van der Waals surface area contributed by atoms with Gasteiger partial charge in [0.1, 0.15) is 5.75 Å². The molecule has 0 amide bonds. The molecular weight excluding hydrogens is 370 g/mol. The molecule has 2 aliphatic rings. The number of aliphatic hydroxyl groups is 1. The molecule has 1 aromatic carbocycles. The van der Waals surface area contributed by atoms with Crippen LogP contribution in [0.4, 0.5) is 0 Å². The van der Waals surface area contributed by atoms with Gasteiger partial charge in [-0.25, -0.2) is 4.79 Å². The van der Waals surface area contributed by atoms with Crippen molar-refractivity contribution in [2.75, 3.05) is 19.8 Å². The average molecular weight is 400 g/mol. The normalized spacial score (nSPS) is 28.2. The van der Waals surface area contributed by atoms with Crippen molar-refractivity contribution < 1.29 is 24.5 Å². The highest BCUT2D eigenvalue weighted by molar-refractivity contribution is 5.85. The lowest BCUT2D eigenvalue weighted by Gasteiger charge is -2.33. The molecule has 0 unspecified atom stereocenters. The summed E-state index contributed by atoms with van der Waals surface area (Å²) in [6.07, 6.45) is 5.74. The van der Waals surface area contributed by atoms with Crippen molar-refractivity contribution in [3.63, 3.8) is 0 Å². The maximum atomic E-state index is 10.8. The zero-order chi connectivity index (χ0) is 18.4. The standard InChI is InChI=1S/C20H29NO5.ClH/c22-18-5-3-11-21-17(18)12-25-15-9-7-14(8-10-15)16-4-1-2-6-19(16)26-13-20(23)24;/h1-2,4,6,14-15,17-18,21-22H,3,5,7-13H2,(H,23,24);1H/t14?,15?,17-,18-;/m0./s1. The number of aliphatic carboxylic acids is 1. The number of piperidine rings is 1. The Labute approximate surface area is 166 Å². The summed E-state index contributed by atoms with van der Waals surface area (Å²) in [5, 5.41) is 22.2. The molecule has 1 heterocycles. The van der Waals surface area contributed by atoms with Crippen LogP contribution in [0.25, 0.3) is 0 Å². The van der Waals surface area contributed by atoms with E-state index < -0.39 is 5.97 Å². The van der Waals surface area contributed by atoms with Crippen LogP contribution in [0.15, 0.2) is 24.3 Å². The van der Waals surface area contributed by atoms with E-state index in [1.54, 1.807) is 0 Å². The summed E-state index contributed by atoms with van der Waals surface area (Å²) in [6, 6.07) is 7.77. The van der Waals surface area contributed by atoms with Crippen molar-refractivity contribution in [1.82, 2.24) is 5.32 Å². The summed E-state index contributed by atoms with van der Waals surface area (Å²) in [5.74, 6) is 0.0856. The van der Waals surface area contributed by atoms with E-state index in [-0.39, 0.29) is 37.3 Å². The molecule has 1 aliphatic heterocycles. The fourth-order valence-electron chi connectivity index (χ4n) is 3.97. The summed E-state index contributed by atoms with van der Waals surface area (Å²) in [7, 11) is 0. The van der Waals surface area contributed by atoms with E-state index in [9.17, 15) is 9.90 Å². The lowest BCUT2D eigenvalue weighted by molar-refractivity contribution is -0.139. The van der Waals surface area contributed by atoms with Crippen LogP contribution in [0.2, 0.25) is 0 Å². The van der Waals surface area contributed by atoms with Crippen molar-refractivity contribution in [3.05, 3.63) is 29.8 Å². The second-order valence-electron chi connectivity index (χ2n) is 7.30. The number of aliphatic hydroxyl groups excluding tert-OH is 1. The molecule has 0 radical (unpaired) electrons. The van der Waals surface area contributed by atoms with Crippen LogP contribution in [-0.2, 0) is 9.53 Å². The van der Waals surface area contributed by atoms with Gasteiger partial charge in [-0.2, -0.15) is 0 Å². The molecular formula is C20H30ClNO5. The molecule has 2 atom stereocenters. The van der Waals surface area contributed by atoms with Crippen molar-refractivity contribution in [1.29, 1.82) is 0 Å². The number of ether oxygens (including phenoxy) is 2. The number of rotatable bonds is 7. The monoisotopic (exact) mass is 399 g/mol. The summed E-state index contributed by atoms with van der Waals surface area (Å²) >= 11 is 0. The Kier molecular flexibility index (Phi) is 8.83. The van der Waals surface area contributed by atoms with Gasteiger partial charge >= 0.3 is 5.97 Å². The first-order valence-electron chi connectivity index (χ1n) is 9.60. The molecule has 6 nitrogen and oxygen atoms in total. The van der Waals surface area contributed by atoms with Gasteiger partial charge in [-0.3, -0.25) is 0 Å². The number of hydrogen-bond acceptors (Lipinski definition) is 5. The van der Waals surface area contributed by atoms with E-state index in [4.69, 9.17) is 14.6 Å². The van der Waals surface area contributed by atoms with Crippen molar-refractivity contribution >= 4 is 18.4 Å². The van der Waals surface area contributed by atoms with E-state index >= 15 is 0 Å². The fraction of sp³-hybridized carbons (Fsp3) is 0.650. The van der Waals surface area contributed by atoms with Gasteiger partial charge in [-0.05, 0) is 62.6 Å². The van der Waals surface area contributed by atoms with Gasteiger partial charge in [0.25, 0.3) is 0 Å². The largest absolute Gasteiger partial charge is 0.482 e. The first kappa shape index (κ1) is 22.0. The van der Waals surface area contributed by atoms with Gasteiger partial charge in [0.15, 0.2) is 6.61 Å². The number of benzene rings is 1. The summed E-state index contributed by atoms with van der Waals surface area (Å²) < 4.78 is 11.5. The van der Waals surface area contributed by atoms with Crippen molar-refractivity contribution in [2.45, 2.75) is 62.7 Å². The molecule has 1 aliphatic carbocycles. The molecule has 1 saturated carbocycles. The molecule has 1 aromatic rings. The Morgan fingerprint density at radius 2 is 1.89 bits per heavy atom. The summed E-state index contributed by atoms with van der Waals surface area (Å²) in [5.41, 5.74) is 1.09. The van der Waals surface area contributed by atoms with Gasteiger partial charge < -0.3 is 25.0 Å². The number of halogens is 1. The van der Waals surface area contributed by atoms with E-state index in [2.05, 4.69) is 5.32 Å². The molecule has 7 heteroatoms. The van der Waals surface area contributed by atoms with Crippen LogP contribution < -0.4 is 10.1 Å². The zero-order valence-electron chi connectivity index (χ0n) is 15.5. The molecule has 0 bridgehead atoms. The summed E-state index contributed by atoms with van der Waals surface area (Å²) in [6.45, 7) is 1.20. The lowest BCUT2D eigenvalue weighted by Crippen LogP contribution is -2.48. The van der Waals surface area contributed by atoms with E-state index in [1.807, 2.05) is 24.3 Å². The van der Waals surface area contributed by atoms with Crippen LogP contribution in [0.5, 0.6) is 5.75 Å². The second-order valence-corrected chi connectivity index (χ2v) is 7.30. The highest BCUT2D eigenvalue weighted by atomic mass is 35.5. The van der Waals surface area contributed by atoms with Gasteiger partial charge in [0.05, 0.1) is 24.9 Å². The predicted octanol–water partition coefficient (Wildman–Crippen LogP) is 2.73. The second kappa shape index (κ2) is 10.9. The Balaban J connectivity index is 0.00000261. The van der Waals surface area contributed by atoms with Gasteiger partial charge in [0, 0.05) is 0 Å². The Hall–Kier alpha value is -1.34. The first-order chi connectivity index (χ1) is 12.6. The number of para-hydroxylation sites is 1. The molecule has 27 heavy (non-hydrogen) atoms. The third kappa shape index (κ3) is 6.35. The van der Waals surface area contributed by atoms with Crippen molar-refractivity contribution in [3.8, 4) is 5.75 Å². The fourth-order valence-corrected chi connectivity index (χ4v) is 3.97. The number of carboxylic acids is 1. The maximum Gasteiger partial charge on any atom is 0.341 e. The van der Waals surface area contributed by atoms with Gasteiger partial charge in [-0.1, -0.05) is 18.2 Å². The van der Waals surface area contributed by atoms with Gasteiger partial charge in [-0.15, -0.1) is 12.4 Å². The van der Waals surface area contributed by atoms with E-state index in [0.717, 1.165) is 50.6 Å². The molecule has 2 fully saturated rings. The predicted molar refractivity (Wildman–Crippen MR) is 105 cm³/mol. The van der Waals surface area contributed by atoms with Crippen molar-refractivity contribution in [2.24, 2.45) is 0 Å². The number of nitrogens with one attached hydrogen (secondary N) is 1. The first-order valence-corrected chi connectivity index (χ1v) is 9.60. The molecule has 152 valence electrons. The molecule has 3 N–H and O–H groups in total. The van der Waals surface area contributed by atoms with Crippen LogP contribution in [-0.4, -0.2) is 54.2 Å². The Morgan fingerprint density at radius 1 is 1.15 bits per heavy atom. The maximum absolute atomic E-state index is 10.8. The van der Waals surface area contributed by atoms with Crippen LogP contribution in [0.3, 0.4) is 0 Å². The van der Waals surface area contributed by atoms with Crippen LogP contribution in [0, 0.1) is 0 Å². The van der Waals surface area contributed by atoms with Crippen LogP contribution >= 0.6 is 12.4 Å². The van der Waals surface area contributed by atoms with Gasteiger partial charge in [0.2, 0.25) is 0 Å². The number of hydrogen-bond donors (Lipinski definition) is 3. The quantitative estimate of drug-likeness (QED) is 0.653. The Morgan fingerprint density at radius 3 is 2.59 bits per heavy atom. The highest BCUT2D eigenvalue weighted by Crippen LogP contribution is 2.38. The smallest absolute Gasteiger partial charge is 0.341 e. The third-order valence-electron chi connectivity index (χ3n) is 5.44. The summed E-state index contributed by atoms with van der Waals surface area (Å²) in [4.78, 5) is 10.8. The van der Waals surface area contributed by atoms with Crippen LogP contribution in [0.1, 0.15) is 50.0 Å². The lowest BCUT2D eigenvalue weighted by atomic mass is 9.82. The minimum Gasteiger partial charge on any atom is -0.482 e. The Bertz CT molecular complexity index is 591. The average Bonchev–Trinajstić information content (AvgIpc) is 2.66. The SMILES string of the molecule is Cl.O=C(O)COc1ccccc1C1CCC(OC[C@@H]2NCCC[C@@H]2O)CC1. The molecule has 3 rings (SSSR count). The number of carboxylic acid groups (broad SMARTS) is 1. The van der Waals surface area contributed by atoms with E-state index in [0.29, 0.717) is 18.3 Å². The highest BCUT2D eigenvalue weighted by Gasteiger charge is 2.28. The minimum absolute atomic E-state index is 0. The molecule has 0 aromatic heterocycles. The number of carbonyl (C=O) groups is 1. The molecule has 1 saturated heterocycles.